The highest BCUT2D eigenvalue weighted by molar-refractivity contribution is 14.0. The Bertz CT molecular complexity index is 777. The number of piperidine rings is 1. The molecule has 0 spiro atoms. The number of guanidine groups is 1. The molecule has 1 aromatic rings. The van der Waals surface area contributed by atoms with Gasteiger partial charge in [-0.15, -0.1) is 35.7 Å². The zero-order valence-corrected chi connectivity index (χ0v) is 21.9. The molecule has 9 heteroatoms. The van der Waals surface area contributed by atoms with Crippen molar-refractivity contribution in [3.05, 3.63) is 30.3 Å². The Hall–Kier alpha value is -0.520. The average molecular weight is 567 g/mol. The van der Waals surface area contributed by atoms with Gasteiger partial charge in [0.15, 0.2) is 5.96 Å². The quantitative estimate of drug-likeness (QED) is 0.271. The monoisotopic (exact) mass is 566 g/mol. The molecule has 1 aliphatic heterocycles. The molecule has 1 saturated carbocycles. The van der Waals surface area contributed by atoms with E-state index in [1.807, 2.05) is 24.8 Å². The van der Waals surface area contributed by atoms with Crippen LogP contribution in [0.2, 0.25) is 0 Å². The maximum Gasteiger partial charge on any atom is 0.214 e. The van der Waals surface area contributed by atoms with Crippen LogP contribution in [-0.4, -0.2) is 61.4 Å². The second-order valence-corrected chi connectivity index (χ2v) is 11.6. The minimum absolute atomic E-state index is 0. The lowest BCUT2D eigenvalue weighted by Crippen LogP contribution is -2.50. The molecule has 0 amide bonds. The van der Waals surface area contributed by atoms with Crippen LogP contribution in [-0.2, 0) is 10.0 Å². The van der Waals surface area contributed by atoms with Crippen LogP contribution < -0.4 is 10.6 Å². The van der Waals surface area contributed by atoms with Crippen LogP contribution in [0, 0.1) is 0 Å². The molecule has 0 bridgehead atoms. The third-order valence-electron chi connectivity index (χ3n) is 5.41. The molecule has 0 radical (unpaired) electrons. The van der Waals surface area contributed by atoms with E-state index in [0.29, 0.717) is 19.5 Å². The molecule has 1 aromatic carbocycles. The molecule has 0 unspecified atom stereocenters. The third kappa shape index (κ3) is 7.56. The summed E-state index contributed by atoms with van der Waals surface area (Å²) in [4.78, 5) is 6.18. The van der Waals surface area contributed by atoms with E-state index in [9.17, 15) is 8.42 Å². The number of aliphatic imine (C=N–C) groups is 1. The summed E-state index contributed by atoms with van der Waals surface area (Å²) < 4.78 is 26.4. The molecule has 0 atom stereocenters. The minimum atomic E-state index is -3.09. The Kier molecular flexibility index (Phi) is 10.2. The largest absolute Gasteiger partial charge is 0.357 e. The first-order chi connectivity index (χ1) is 14.0. The second-order valence-electron chi connectivity index (χ2n) is 7.93. The molecular formula is C21H35IN4O2S2. The molecular weight excluding hydrogens is 531 g/mol. The summed E-state index contributed by atoms with van der Waals surface area (Å²) >= 11 is 1.93. The normalized spacial score (nSPS) is 19.7. The molecule has 2 N–H and O–H groups in total. The fourth-order valence-corrected chi connectivity index (χ4v) is 6.34. The lowest BCUT2D eigenvalue weighted by Gasteiger charge is -2.32. The van der Waals surface area contributed by atoms with Crippen LogP contribution in [0.1, 0.15) is 46.0 Å². The molecule has 6 nitrogen and oxygen atoms in total. The number of hydrogen-bond donors (Lipinski definition) is 2. The van der Waals surface area contributed by atoms with Crippen molar-refractivity contribution in [1.29, 1.82) is 0 Å². The van der Waals surface area contributed by atoms with E-state index in [4.69, 9.17) is 4.99 Å². The molecule has 1 aliphatic carbocycles. The molecule has 1 saturated heterocycles. The summed E-state index contributed by atoms with van der Waals surface area (Å²) in [6.45, 7) is 6.77. The van der Waals surface area contributed by atoms with Crippen molar-refractivity contribution in [3.8, 4) is 0 Å². The number of thioether (sulfide) groups is 1. The summed E-state index contributed by atoms with van der Waals surface area (Å²) in [5.41, 5.74) is 0. The van der Waals surface area contributed by atoms with E-state index in [1.54, 1.807) is 4.31 Å². The van der Waals surface area contributed by atoms with Gasteiger partial charge in [0, 0.05) is 35.3 Å². The summed E-state index contributed by atoms with van der Waals surface area (Å²) in [6, 6.07) is 10.8. The molecule has 0 aromatic heterocycles. The smallest absolute Gasteiger partial charge is 0.214 e. The van der Waals surface area contributed by atoms with Gasteiger partial charge in [-0.3, -0.25) is 4.99 Å². The van der Waals surface area contributed by atoms with Gasteiger partial charge in [-0.05, 0) is 51.2 Å². The van der Waals surface area contributed by atoms with Crippen LogP contribution in [0.15, 0.2) is 40.2 Å². The highest BCUT2D eigenvalue weighted by Crippen LogP contribution is 2.51. The van der Waals surface area contributed by atoms with Gasteiger partial charge in [0.25, 0.3) is 0 Å². The van der Waals surface area contributed by atoms with Crippen LogP contribution in [0.4, 0.5) is 0 Å². The Morgan fingerprint density at radius 2 is 1.87 bits per heavy atom. The van der Waals surface area contributed by atoms with Gasteiger partial charge in [-0.2, -0.15) is 0 Å². The first-order valence-corrected chi connectivity index (χ1v) is 13.2. The van der Waals surface area contributed by atoms with E-state index in [-0.39, 0.29) is 40.5 Å². The van der Waals surface area contributed by atoms with Crippen molar-refractivity contribution in [1.82, 2.24) is 14.9 Å². The van der Waals surface area contributed by atoms with Crippen LogP contribution >= 0.6 is 35.7 Å². The SMILES string of the molecule is CCCS(=O)(=O)N1CCC(NC(=NCC2(Sc3ccccc3)CC2)NCC)CC1.I. The molecule has 3 rings (SSSR count). The Labute approximate surface area is 203 Å². The standard InChI is InChI=1S/C21H34N4O2S2.HI/c1-3-16-29(26,27)25-14-10-18(11-15-25)24-20(22-4-2)23-17-21(12-13-21)28-19-8-6-5-7-9-19;/h5-9,18H,3-4,10-17H2,1-2H3,(H2,22,23,24);1H. The molecule has 30 heavy (non-hydrogen) atoms. The molecule has 1 heterocycles. The summed E-state index contributed by atoms with van der Waals surface area (Å²) in [5.74, 6) is 1.10. The van der Waals surface area contributed by atoms with Gasteiger partial charge in [0.05, 0.1) is 12.3 Å². The van der Waals surface area contributed by atoms with Crippen molar-refractivity contribution in [2.45, 2.75) is 61.6 Å². The summed E-state index contributed by atoms with van der Waals surface area (Å²) in [7, 11) is -3.09. The lowest BCUT2D eigenvalue weighted by molar-refractivity contribution is 0.306. The van der Waals surface area contributed by atoms with E-state index < -0.39 is 10.0 Å². The van der Waals surface area contributed by atoms with Crippen molar-refractivity contribution >= 4 is 51.7 Å². The van der Waals surface area contributed by atoms with E-state index in [0.717, 1.165) is 31.9 Å². The van der Waals surface area contributed by atoms with Gasteiger partial charge >= 0.3 is 0 Å². The zero-order chi connectivity index (χ0) is 20.7. The van der Waals surface area contributed by atoms with E-state index in [1.165, 1.54) is 17.7 Å². The van der Waals surface area contributed by atoms with Crippen molar-refractivity contribution in [2.75, 3.05) is 31.9 Å². The summed E-state index contributed by atoms with van der Waals surface area (Å²) in [6.07, 6.45) is 4.70. The van der Waals surface area contributed by atoms with Gasteiger partial charge < -0.3 is 10.6 Å². The second kappa shape index (κ2) is 11.9. The highest BCUT2D eigenvalue weighted by Gasteiger charge is 2.43. The van der Waals surface area contributed by atoms with Crippen LogP contribution in [0.5, 0.6) is 0 Å². The Morgan fingerprint density at radius 3 is 2.43 bits per heavy atom. The number of sulfonamides is 1. The van der Waals surface area contributed by atoms with Gasteiger partial charge in [-0.1, -0.05) is 25.1 Å². The number of hydrogen-bond acceptors (Lipinski definition) is 4. The first kappa shape index (κ1) is 25.7. The lowest BCUT2D eigenvalue weighted by atomic mass is 10.1. The topological polar surface area (TPSA) is 73.8 Å². The van der Waals surface area contributed by atoms with Crippen molar-refractivity contribution < 1.29 is 8.42 Å². The number of benzene rings is 1. The predicted molar refractivity (Wildman–Crippen MR) is 137 cm³/mol. The van der Waals surface area contributed by atoms with E-state index in [2.05, 4.69) is 41.8 Å². The van der Waals surface area contributed by atoms with Crippen molar-refractivity contribution in [3.63, 3.8) is 0 Å². The molecule has 170 valence electrons. The Morgan fingerprint density at radius 1 is 1.20 bits per heavy atom. The van der Waals surface area contributed by atoms with Crippen LogP contribution in [0.3, 0.4) is 0 Å². The maximum atomic E-state index is 12.3. The van der Waals surface area contributed by atoms with E-state index >= 15 is 0 Å². The van der Waals surface area contributed by atoms with Crippen molar-refractivity contribution in [2.24, 2.45) is 4.99 Å². The first-order valence-electron chi connectivity index (χ1n) is 10.7. The minimum Gasteiger partial charge on any atom is -0.357 e. The highest BCUT2D eigenvalue weighted by atomic mass is 127. The van der Waals surface area contributed by atoms with Gasteiger partial charge in [0.2, 0.25) is 10.0 Å². The fourth-order valence-electron chi connectivity index (χ4n) is 3.57. The van der Waals surface area contributed by atoms with Gasteiger partial charge in [0.1, 0.15) is 0 Å². The third-order valence-corrected chi connectivity index (χ3v) is 8.96. The predicted octanol–water partition coefficient (Wildman–Crippen LogP) is 3.69. The summed E-state index contributed by atoms with van der Waals surface area (Å²) in [5, 5.41) is 6.89. The van der Waals surface area contributed by atoms with Crippen LogP contribution in [0.25, 0.3) is 0 Å². The number of halogens is 1. The molecule has 2 fully saturated rings. The maximum absolute atomic E-state index is 12.3. The average Bonchev–Trinajstić information content (AvgIpc) is 3.47. The molecule has 2 aliphatic rings. The Balaban J connectivity index is 0.00000320. The fraction of sp³-hybridized carbons (Fsp3) is 0.667. The number of rotatable bonds is 9. The van der Waals surface area contributed by atoms with Gasteiger partial charge in [-0.25, -0.2) is 12.7 Å². The number of nitrogens with zero attached hydrogens (tertiary/aromatic N) is 2. The number of nitrogens with one attached hydrogen (secondary N) is 2. The zero-order valence-electron chi connectivity index (χ0n) is 18.0.